The molecule has 2 aliphatic heterocycles. The van der Waals surface area contributed by atoms with Gasteiger partial charge < -0.3 is 9.71 Å². The molecule has 3 aromatic carbocycles. The van der Waals surface area contributed by atoms with Crippen LogP contribution >= 0.6 is 11.3 Å². The summed E-state index contributed by atoms with van der Waals surface area (Å²) in [6.07, 6.45) is 7.55. The van der Waals surface area contributed by atoms with Crippen LogP contribution in [0, 0.1) is 6.92 Å². The molecule has 0 bridgehead atoms. The Hall–Kier alpha value is -4.36. The van der Waals surface area contributed by atoms with Crippen molar-refractivity contribution in [2.24, 2.45) is 9.98 Å². The second-order valence-corrected chi connectivity index (χ2v) is 11.7. The van der Waals surface area contributed by atoms with Crippen molar-refractivity contribution in [1.29, 1.82) is 0 Å². The first kappa shape index (κ1) is 27.8. The Kier molecular flexibility index (Phi) is 8.11. The zero-order chi connectivity index (χ0) is 29.1. The third-order valence-electron chi connectivity index (χ3n) is 7.58. The molecule has 0 saturated carbocycles. The van der Waals surface area contributed by atoms with E-state index in [1.807, 2.05) is 24.3 Å². The van der Waals surface area contributed by atoms with E-state index in [1.54, 1.807) is 11.3 Å². The number of carbonyl (C=O) groups is 1. The minimum absolute atomic E-state index is 0.391. The first-order valence-electron chi connectivity index (χ1n) is 14.2. The van der Waals surface area contributed by atoms with E-state index in [1.165, 1.54) is 27.5 Å². The van der Waals surface area contributed by atoms with Gasteiger partial charge in [0.2, 0.25) is 0 Å². The first-order chi connectivity index (χ1) is 20.5. The van der Waals surface area contributed by atoms with Crippen molar-refractivity contribution < 1.29 is 4.79 Å². The molecule has 0 spiro atoms. The molecule has 202 valence electrons. The minimum Gasteiger partial charge on any atom is -0.429 e. The monoisotopic (exact) mass is 563 g/mol. The lowest BCUT2D eigenvalue weighted by atomic mass is 9.09. The summed E-state index contributed by atoms with van der Waals surface area (Å²) in [5.74, 6) is 0.827. The Labute approximate surface area is 253 Å². The van der Waals surface area contributed by atoms with Crippen LogP contribution in [-0.2, 0) is 11.3 Å². The van der Waals surface area contributed by atoms with Crippen LogP contribution in [0.2, 0.25) is 0 Å². The molecule has 0 atom stereocenters. The number of hydrogen-bond donors (Lipinski definition) is 0. The lowest BCUT2D eigenvalue weighted by Crippen LogP contribution is -2.34. The van der Waals surface area contributed by atoms with Gasteiger partial charge in [0.05, 0.1) is 24.3 Å². The highest BCUT2D eigenvalue weighted by Crippen LogP contribution is 2.31. The van der Waals surface area contributed by atoms with E-state index in [0.29, 0.717) is 12.4 Å². The Morgan fingerprint density at radius 2 is 1.93 bits per heavy atom. The number of anilines is 1. The van der Waals surface area contributed by atoms with Gasteiger partial charge in [-0.05, 0) is 79.8 Å². The number of rotatable bonds is 8. The third-order valence-corrected chi connectivity index (χ3v) is 8.65. The second kappa shape index (κ2) is 12.2. The molecule has 0 fully saturated rings. The number of allylic oxidation sites excluding steroid dienone is 2. The van der Waals surface area contributed by atoms with Crippen LogP contribution in [0.5, 0.6) is 0 Å². The molecule has 1 aromatic heterocycles. The van der Waals surface area contributed by atoms with E-state index in [4.69, 9.17) is 9.98 Å². The third kappa shape index (κ3) is 6.11. The number of thiazole rings is 1. The number of carbonyl (C=O) groups excluding carboxylic acids is 1. The predicted octanol–water partition coefficient (Wildman–Crippen LogP) is 3.90. The highest BCUT2D eigenvalue weighted by atomic mass is 32.1. The smallest absolute Gasteiger partial charge is 0.271 e. The summed E-state index contributed by atoms with van der Waals surface area (Å²) >= 11 is 1.75. The number of amides is 1. The number of fused-ring (bicyclic) bond motifs is 3. The number of aliphatic imine (C=N–C) groups is 2. The molecule has 6 rings (SSSR count). The average Bonchev–Trinajstić information content (AvgIpc) is 3.36. The van der Waals surface area contributed by atoms with Gasteiger partial charge in [-0.15, -0.1) is 11.3 Å². The molecule has 2 aliphatic rings. The molecular weight excluding hydrogens is 534 g/mol. The lowest BCUT2D eigenvalue weighted by molar-refractivity contribution is -0.113. The molecule has 1 amide bonds. The van der Waals surface area contributed by atoms with Crippen LogP contribution in [0.3, 0.4) is 0 Å². The SMILES string of the molecule is C=CC(=O)/N=C1\N=C2C=CC(BBBBN(C)c3ccc(-c4nc5ccc(C)cc5s4)cc3)=CN2Cc2ccccc21. The van der Waals surface area contributed by atoms with Gasteiger partial charge in [0.1, 0.15) is 18.0 Å². The highest BCUT2D eigenvalue weighted by Gasteiger charge is 2.22. The molecule has 0 radical (unpaired) electrons. The summed E-state index contributed by atoms with van der Waals surface area (Å²) in [5.41, 5.74) is 7.93. The number of aromatic nitrogens is 1. The Morgan fingerprint density at radius 1 is 1.10 bits per heavy atom. The molecule has 0 aliphatic carbocycles. The summed E-state index contributed by atoms with van der Waals surface area (Å²) in [6, 6.07) is 23.1. The fourth-order valence-corrected chi connectivity index (χ4v) is 6.32. The van der Waals surface area contributed by atoms with Crippen molar-refractivity contribution in [3.63, 3.8) is 0 Å². The summed E-state index contributed by atoms with van der Waals surface area (Å²) in [5, 5.41) is 1.06. The topological polar surface area (TPSA) is 61.2 Å². The Morgan fingerprint density at radius 3 is 2.76 bits per heavy atom. The van der Waals surface area contributed by atoms with E-state index in [0.717, 1.165) is 61.6 Å². The van der Waals surface area contributed by atoms with Gasteiger partial charge in [-0.25, -0.2) is 9.98 Å². The van der Waals surface area contributed by atoms with Gasteiger partial charge in [0.15, 0.2) is 13.1 Å². The van der Waals surface area contributed by atoms with Gasteiger partial charge in [0, 0.05) is 23.4 Å². The van der Waals surface area contributed by atoms with Gasteiger partial charge >= 0.3 is 0 Å². The van der Waals surface area contributed by atoms with Crippen molar-refractivity contribution in [2.45, 2.75) is 13.5 Å². The molecule has 4 aromatic rings. The number of aryl methyl sites for hydroxylation is 1. The molecule has 6 nitrogen and oxygen atoms in total. The van der Waals surface area contributed by atoms with E-state index >= 15 is 0 Å². The molecular formula is C31H29B4N5OS. The number of benzene rings is 3. The van der Waals surface area contributed by atoms with Gasteiger partial charge in [-0.1, -0.05) is 48.5 Å². The Balaban J connectivity index is 1.05. The Bertz CT molecular complexity index is 1790. The number of hydrogen-bond acceptors (Lipinski definition) is 5. The molecule has 42 heavy (non-hydrogen) atoms. The molecule has 0 N–H and O–H groups in total. The van der Waals surface area contributed by atoms with Crippen LogP contribution < -0.4 is 4.81 Å². The van der Waals surface area contributed by atoms with Crippen molar-refractivity contribution in [3.05, 3.63) is 120 Å². The van der Waals surface area contributed by atoms with Crippen LogP contribution in [-0.4, -0.2) is 63.1 Å². The zero-order valence-electron chi connectivity index (χ0n) is 24.0. The van der Waals surface area contributed by atoms with E-state index in [2.05, 4.69) is 96.1 Å². The largest absolute Gasteiger partial charge is 0.429 e. The van der Waals surface area contributed by atoms with Crippen LogP contribution in [0.4, 0.5) is 5.69 Å². The average molecular weight is 563 g/mol. The van der Waals surface area contributed by atoms with Crippen molar-refractivity contribution >= 4 is 73.4 Å². The van der Waals surface area contributed by atoms with Gasteiger partial charge in [-0.3, -0.25) is 4.79 Å². The highest BCUT2D eigenvalue weighted by molar-refractivity contribution is 7.45. The van der Waals surface area contributed by atoms with Crippen molar-refractivity contribution in [2.75, 3.05) is 11.9 Å². The summed E-state index contributed by atoms with van der Waals surface area (Å²) < 4.78 is 1.23. The second-order valence-electron chi connectivity index (χ2n) is 10.7. The van der Waals surface area contributed by atoms with Gasteiger partial charge in [0.25, 0.3) is 5.91 Å². The van der Waals surface area contributed by atoms with Crippen LogP contribution in [0.25, 0.3) is 20.8 Å². The summed E-state index contributed by atoms with van der Waals surface area (Å²) in [7, 11) is 6.30. The summed E-state index contributed by atoms with van der Waals surface area (Å²) in [4.78, 5) is 30.2. The zero-order valence-corrected chi connectivity index (χ0v) is 24.8. The van der Waals surface area contributed by atoms with E-state index in [9.17, 15) is 4.79 Å². The predicted molar refractivity (Wildman–Crippen MR) is 185 cm³/mol. The van der Waals surface area contributed by atoms with Crippen molar-refractivity contribution in [3.8, 4) is 10.6 Å². The fraction of sp³-hybridized carbons (Fsp3) is 0.0968. The number of nitrogens with zero attached hydrogens (tertiary/aromatic N) is 5. The lowest BCUT2D eigenvalue weighted by Gasteiger charge is -2.23. The molecule has 3 heterocycles. The maximum Gasteiger partial charge on any atom is 0.271 e. The van der Waals surface area contributed by atoms with Crippen LogP contribution in [0.15, 0.2) is 113 Å². The van der Waals surface area contributed by atoms with Gasteiger partial charge in [-0.2, -0.15) is 4.99 Å². The maximum atomic E-state index is 12.0. The van der Waals surface area contributed by atoms with Crippen LogP contribution in [0.1, 0.15) is 16.7 Å². The minimum atomic E-state index is -0.391. The normalized spacial score (nSPS) is 14.7. The fourth-order valence-electron chi connectivity index (χ4n) is 5.25. The molecule has 0 unspecified atom stereocenters. The van der Waals surface area contributed by atoms with E-state index in [-0.39, 0.29) is 0 Å². The number of amidine groups is 2. The quantitative estimate of drug-likeness (QED) is 0.186. The van der Waals surface area contributed by atoms with E-state index < -0.39 is 5.91 Å². The molecule has 0 saturated heterocycles. The maximum absolute atomic E-state index is 12.0. The standard InChI is InChI=1S/C31H29B4N5OS/c1-4-29(41)38-30-25-8-6-5-7-22(25)18-40-19-23(12-16-28(40)37-30)32-33-34-35-39(3)24-13-10-21(11-14-24)31-36-26-15-9-20(2)17-27(26)42-31/h4-17,19,32-35H,1,18H2,2-3H3/b38-30-. The first-order valence-corrected chi connectivity index (χ1v) is 15.0. The van der Waals surface area contributed by atoms with Crippen molar-refractivity contribution in [1.82, 2.24) is 9.88 Å². The summed E-state index contributed by atoms with van der Waals surface area (Å²) in [6.45, 7) is 6.34. The molecule has 11 heteroatoms.